The van der Waals surface area contributed by atoms with Gasteiger partial charge >= 0.3 is 11.9 Å². The predicted octanol–water partition coefficient (Wildman–Crippen LogP) is 3.29. The van der Waals surface area contributed by atoms with Gasteiger partial charge in [0.1, 0.15) is 17.3 Å². The molecule has 0 aromatic heterocycles. The highest BCUT2D eigenvalue weighted by molar-refractivity contribution is 5.91. The normalized spacial score (nSPS) is 25.3. The summed E-state index contributed by atoms with van der Waals surface area (Å²) in [7, 11) is 0. The summed E-state index contributed by atoms with van der Waals surface area (Å²) in [6.07, 6.45) is -3.06. The average Bonchev–Trinajstić information content (AvgIpc) is 2.85. The first kappa shape index (κ1) is 23.3. The smallest absolute Gasteiger partial charge is 0.345 e. The quantitative estimate of drug-likeness (QED) is 0.764. The van der Waals surface area contributed by atoms with E-state index in [2.05, 4.69) is 0 Å². The highest BCUT2D eigenvalue weighted by Gasteiger charge is 2.67. The third kappa shape index (κ3) is 5.35. The Morgan fingerprint density at radius 1 is 1.00 bits per heavy atom. The van der Waals surface area contributed by atoms with Crippen LogP contribution in [-0.4, -0.2) is 45.7 Å². The van der Waals surface area contributed by atoms with E-state index in [9.17, 15) is 14.7 Å². The number of carbonyl (C=O) groups is 2. The maximum absolute atomic E-state index is 13.4. The number of rotatable bonds is 4. The molecule has 1 aliphatic rings. The lowest BCUT2D eigenvalue weighted by atomic mass is 9.85. The van der Waals surface area contributed by atoms with E-state index in [1.54, 1.807) is 85.7 Å². The van der Waals surface area contributed by atoms with Crippen molar-refractivity contribution in [2.24, 2.45) is 0 Å². The standard InChI is InChI=1S/C22H32O7/c1-19(2,3)27-17(24)16-22(29-21(7,8)26-16,18(25)28-20(4,5)6)15(23)14-12-10-9-11-13-14/h9-13,15-16,23H,1-8H3/t15-,16+,22+/m0/s1. The van der Waals surface area contributed by atoms with Crippen molar-refractivity contribution >= 4 is 11.9 Å². The Morgan fingerprint density at radius 2 is 1.52 bits per heavy atom. The Balaban J connectivity index is 2.61. The number of benzene rings is 1. The van der Waals surface area contributed by atoms with E-state index in [0.717, 1.165) is 0 Å². The van der Waals surface area contributed by atoms with Crippen molar-refractivity contribution in [3.05, 3.63) is 35.9 Å². The van der Waals surface area contributed by atoms with Crippen LogP contribution in [0.25, 0.3) is 0 Å². The molecule has 0 bridgehead atoms. The third-order valence-electron chi connectivity index (χ3n) is 4.07. The molecule has 0 aliphatic carbocycles. The monoisotopic (exact) mass is 408 g/mol. The molecule has 7 heteroatoms. The number of ether oxygens (including phenoxy) is 4. The Morgan fingerprint density at radius 3 is 2.00 bits per heavy atom. The molecule has 0 saturated carbocycles. The molecule has 1 aliphatic heterocycles. The molecule has 0 amide bonds. The highest BCUT2D eigenvalue weighted by Crippen LogP contribution is 2.46. The summed E-state index contributed by atoms with van der Waals surface area (Å²) in [6.45, 7) is 13.3. The fourth-order valence-corrected chi connectivity index (χ4v) is 3.13. The zero-order chi connectivity index (χ0) is 22.3. The number of esters is 2. The van der Waals surface area contributed by atoms with Crippen LogP contribution in [-0.2, 0) is 28.5 Å². The number of hydrogen-bond donors (Lipinski definition) is 1. The van der Waals surface area contributed by atoms with Crippen molar-refractivity contribution in [2.75, 3.05) is 0 Å². The molecule has 0 radical (unpaired) electrons. The molecule has 1 saturated heterocycles. The van der Waals surface area contributed by atoms with Gasteiger partial charge in [-0.3, -0.25) is 0 Å². The van der Waals surface area contributed by atoms with Gasteiger partial charge in [0.05, 0.1) is 0 Å². The minimum Gasteiger partial charge on any atom is -0.458 e. The zero-order valence-corrected chi connectivity index (χ0v) is 18.4. The van der Waals surface area contributed by atoms with E-state index in [1.165, 1.54) is 0 Å². The van der Waals surface area contributed by atoms with Crippen LogP contribution >= 0.6 is 0 Å². The summed E-state index contributed by atoms with van der Waals surface area (Å²) in [4.78, 5) is 26.4. The first-order valence-electron chi connectivity index (χ1n) is 9.65. The van der Waals surface area contributed by atoms with E-state index in [0.29, 0.717) is 5.56 Å². The van der Waals surface area contributed by atoms with Gasteiger partial charge in [-0.1, -0.05) is 30.3 Å². The van der Waals surface area contributed by atoms with E-state index >= 15 is 0 Å². The maximum atomic E-state index is 13.4. The van der Waals surface area contributed by atoms with Gasteiger partial charge < -0.3 is 24.1 Å². The Labute approximate surface area is 172 Å². The van der Waals surface area contributed by atoms with E-state index in [4.69, 9.17) is 18.9 Å². The van der Waals surface area contributed by atoms with Crippen molar-refractivity contribution < 1.29 is 33.6 Å². The second-order valence-electron chi connectivity index (χ2n) is 9.64. The van der Waals surface area contributed by atoms with Crippen LogP contribution in [0, 0.1) is 0 Å². The zero-order valence-electron chi connectivity index (χ0n) is 18.4. The van der Waals surface area contributed by atoms with Crippen LogP contribution in [0.4, 0.5) is 0 Å². The number of aliphatic hydroxyl groups excluding tert-OH is 1. The van der Waals surface area contributed by atoms with Gasteiger partial charge in [0, 0.05) is 0 Å². The van der Waals surface area contributed by atoms with Gasteiger partial charge in [0.25, 0.3) is 0 Å². The van der Waals surface area contributed by atoms with Crippen molar-refractivity contribution in [1.82, 2.24) is 0 Å². The van der Waals surface area contributed by atoms with Crippen LogP contribution < -0.4 is 0 Å². The topological polar surface area (TPSA) is 91.3 Å². The first-order chi connectivity index (χ1) is 13.1. The van der Waals surface area contributed by atoms with Crippen molar-refractivity contribution in [2.45, 2.75) is 90.2 Å². The summed E-state index contributed by atoms with van der Waals surface area (Å²) in [5.41, 5.74) is -3.46. The lowest BCUT2D eigenvalue weighted by Crippen LogP contribution is -2.58. The molecule has 1 heterocycles. The van der Waals surface area contributed by atoms with Crippen LogP contribution in [0.15, 0.2) is 30.3 Å². The number of carbonyl (C=O) groups excluding carboxylic acids is 2. The third-order valence-corrected chi connectivity index (χ3v) is 4.07. The fourth-order valence-electron chi connectivity index (χ4n) is 3.13. The molecule has 1 aromatic rings. The van der Waals surface area contributed by atoms with Crippen LogP contribution in [0.5, 0.6) is 0 Å². The minimum atomic E-state index is -2.14. The SMILES string of the molecule is CC(C)(C)OC(=O)[C@H]1OC(C)(C)O[C@]1(C(=O)OC(C)(C)C)[C@@H](O)c1ccccc1. The Bertz CT molecular complexity index is 743. The second-order valence-corrected chi connectivity index (χ2v) is 9.64. The number of hydrogen-bond acceptors (Lipinski definition) is 7. The summed E-state index contributed by atoms with van der Waals surface area (Å²) in [5.74, 6) is -3.06. The van der Waals surface area contributed by atoms with Crippen molar-refractivity contribution in [1.29, 1.82) is 0 Å². The minimum absolute atomic E-state index is 0.383. The molecule has 1 aromatic carbocycles. The van der Waals surface area contributed by atoms with Crippen LogP contribution in [0.1, 0.15) is 67.1 Å². The molecule has 3 atom stereocenters. The summed E-state index contributed by atoms with van der Waals surface area (Å²) >= 11 is 0. The molecule has 2 rings (SSSR count). The lowest BCUT2D eigenvalue weighted by Gasteiger charge is -2.37. The van der Waals surface area contributed by atoms with Crippen LogP contribution in [0.3, 0.4) is 0 Å². The highest BCUT2D eigenvalue weighted by atomic mass is 16.8. The van der Waals surface area contributed by atoms with Gasteiger partial charge in [0.2, 0.25) is 11.7 Å². The van der Waals surface area contributed by atoms with Crippen molar-refractivity contribution in [3.63, 3.8) is 0 Å². The van der Waals surface area contributed by atoms with Gasteiger partial charge in [-0.25, -0.2) is 9.59 Å². The summed E-state index contributed by atoms with van der Waals surface area (Å²) < 4.78 is 22.8. The Hall–Kier alpha value is -1.96. The molecule has 1 fully saturated rings. The lowest BCUT2D eigenvalue weighted by molar-refractivity contribution is -0.215. The Kier molecular flexibility index (Phi) is 6.19. The average molecular weight is 408 g/mol. The summed E-state index contributed by atoms with van der Waals surface area (Å²) in [6, 6.07) is 8.47. The fraction of sp³-hybridized carbons (Fsp3) is 0.636. The first-order valence-corrected chi connectivity index (χ1v) is 9.65. The van der Waals surface area contributed by atoms with Gasteiger partial charge in [-0.2, -0.15) is 0 Å². The van der Waals surface area contributed by atoms with E-state index in [-0.39, 0.29) is 0 Å². The maximum Gasteiger partial charge on any atom is 0.345 e. The van der Waals surface area contributed by atoms with Crippen molar-refractivity contribution in [3.8, 4) is 0 Å². The van der Waals surface area contributed by atoms with E-state index < -0.39 is 46.7 Å². The largest absolute Gasteiger partial charge is 0.458 e. The summed E-state index contributed by atoms with van der Waals surface area (Å²) in [5, 5.41) is 11.3. The van der Waals surface area contributed by atoms with Gasteiger partial charge in [-0.15, -0.1) is 0 Å². The molecule has 162 valence electrons. The predicted molar refractivity (Wildman–Crippen MR) is 106 cm³/mol. The molecular weight excluding hydrogens is 376 g/mol. The second kappa shape index (κ2) is 7.70. The molecule has 7 nitrogen and oxygen atoms in total. The molecule has 29 heavy (non-hydrogen) atoms. The van der Waals surface area contributed by atoms with E-state index in [1.807, 2.05) is 0 Å². The molecule has 1 N–H and O–H groups in total. The molecule has 0 unspecified atom stereocenters. The van der Waals surface area contributed by atoms with Crippen LogP contribution in [0.2, 0.25) is 0 Å². The molecular formula is C22H32O7. The van der Waals surface area contributed by atoms with Gasteiger partial charge in [-0.05, 0) is 61.0 Å². The number of aliphatic hydroxyl groups is 1. The molecule has 0 spiro atoms. The van der Waals surface area contributed by atoms with Gasteiger partial charge in [0.15, 0.2) is 5.79 Å².